The molecule has 3 N–H and O–H groups in total. The van der Waals surface area contributed by atoms with Gasteiger partial charge in [-0.25, -0.2) is 4.98 Å². The fraction of sp³-hybridized carbons (Fsp3) is 0.409. The number of pyridine rings is 1. The van der Waals surface area contributed by atoms with Gasteiger partial charge in [-0.3, -0.25) is 9.79 Å². The summed E-state index contributed by atoms with van der Waals surface area (Å²) >= 11 is 7.55. The van der Waals surface area contributed by atoms with E-state index in [0.717, 1.165) is 43.6 Å². The molecule has 0 unspecified atom stereocenters. The first kappa shape index (κ1) is 21.2. The highest BCUT2D eigenvalue weighted by molar-refractivity contribution is 8.15. The van der Waals surface area contributed by atoms with Gasteiger partial charge in [0.15, 0.2) is 5.17 Å². The van der Waals surface area contributed by atoms with Gasteiger partial charge < -0.3 is 15.8 Å². The maximum atomic E-state index is 12.6. The Morgan fingerprint density at radius 3 is 2.73 bits per heavy atom. The minimum absolute atomic E-state index is 0.0394. The summed E-state index contributed by atoms with van der Waals surface area (Å²) in [5.74, 6) is -0.283. The quantitative estimate of drug-likeness (QED) is 0.726. The molecule has 0 bridgehead atoms. The van der Waals surface area contributed by atoms with E-state index in [2.05, 4.69) is 24.1 Å². The van der Waals surface area contributed by atoms with Crippen LogP contribution in [0, 0.1) is 6.92 Å². The largest absolute Gasteiger partial charge is 0.381 e. The lowest BCUT2D eigenvalue weighted by atomic mass is 9.78. The number of nitrogens with one attached hydrogen (secondary N) is 1. The smallest absolute Gasteiger partial charge is 0.274 e. The molecular formula is C22H25ClN4O2S. The van der Waals surface area contributed by atoms with Gasteiger partial charge in [0.05, 0.1) is 10.6 Å². The van der Waals surface area contributed by atoms with E-state index in [-0.39, 0.29) is 10.7 Å². The average Bonchev–Trinajstić information content (AvgIpc) is 2.69. The van der Waals surface area contributed by atoms with Crippen LogP contribution in [0.5, 0.6) is 0 Å². The van der Waals surface area contributed by atoms with Crippen molar-refractivity contribution in [3.63, 3.8) is 0 Å². The topological polar surface area (TPSA) is 89.6 Å². The molecule has 1 aromatic carbocycles. The molecule has 2 aliphatic heterocycles. The molecule has 0 saturated carbocycles. The van der Waals surface area contributed by atoms with Crippen molar-refractivity contribution >= 4 is 40.1 Å². The maximum Gasteiger partial charge on any atom is 0.274 e. The second kappa shape index (κ2) is 8.21. The minimum Gasteiger partial charge on any atom is -0.381 e. The Morgan fingerprint density at radius 2 is 2.03 bits per heavy atom. The molecule has 0 radical (unpaired) electrons. The maximum absolute atomic E-state index is 12.6. The number of halogens is 1. The van der Waals surface area contributed by atoms with E-state index in [1.54, 1.807) is 23.9 Å². The summed E-state index contributed by atoms with van der Waals surface area (Å²) in [5.41, 5.74) is 9.03. The third-order valence-electron chi connectivity index (χ3n) is 5.78. The number of nitrogens with two attached hydrogens (primary N) is 1. The van der Waals surface area contributed by atoms with E-state index in [1.165, 1.54) is 6.20 Å². The molecule has 1 spiro atoms. The third kappa shape index (κ3) is 4.33. The number of hydrogen-bond donors (Lipinski definition) is 2. The van der Waals surface area contributed by atoms with E-state index < -0.39 is 5.54 Å². The number of ether oxygens (including phenoxy) is 1. The first-order valence-corrected chi connectivity index (χ1v) is 11.1. The van der Waals surface area contributed by atoms with Crippen molar-refractivity contribution in [2.24, 2.45) is 10.7 Å². The zero-order chi connectivity index (χ0) is 21.4. The molecule has 158 valence electrons. The normalized spacial score (nSPS) is 23.1. The van der Waals surface area contributed by atoms with Gasteiger partial charge in [0.25, 0.3) is 5.91 Å². The fourth-order valence-corrected chi connectivity index (χ4v) is 5.88. The van der Waals surface area contributed by atoms with Crippen molar-refractivity contribution < 1.29 is 9.53 Å². The minimum atomic E-state index is -0.462. The highest BCUT2D eigenvalue weighted by atomic mass is 35.5. The van der Waals surface area contributed by atoms with E-state index in [9.17, 15) is 4.79 Å². The number of benzene rings is 1. The van der Waals surface area contributed by atoms with Gasteiger partial charge in [-0.2, -0.15) is 0 Å². The number of amidine groups is 1. The number of aryl methyl sites for hydroxylation is 1. The molecule has 1 saturated heterocycles. The molecule has 30 heavy (non-hydrogen) atoms. The monoisotopic (exact) mass is 444 g/mol. The van der Waals surface area contributed by atoms with Gasteiger partial charge in [-0.1, -0.05) is 29.4 Å². The Kier molecular flexibility index (Phi) is 5.79. The molecular weight excluding hydrogens is 420 g/mol. The van der Waals surface area contributed by atoms with Crippen molar-refractivity contribution in [1.29, 1.82) is 0 Å². The van der Waals surface area contributed by atoms with Gasteiger partial charge in [-0.05, 0) is 68.5 Å². The fourth-order valence-electron chi connectivity index (χ4n) is 4.35. The highest BCUT2D eigenvalue weighted by Crippen LogP contribution is 2.50. The predicted octanol–water partition coefficient (Wildman–Crippen LogP) is 4.51. The van der Waals surface area contributed by atoms with Crippen LogP contribution < -0.4 is 11.1 Å². The zero-order valence-electron chi connectivity index (χ0n) is 17.1. The lowest BCUT2D eigenvalue weighted by Gasteiger charge is -2.45. The van der Waals surface area contributed by atoms with Gasteiger partial charge in [-0.15, -0.1) is 0 Å². The van der Waals surface area contributed by atoms with Crippen LogP contribution in [0.2, 0.25) is 5.02 Å². The first-order chi connectivity index (χ1) is 14.3. The van der Waals surface area contributed by atoms with Gasteiger partial charge in [0, 0.05) is 29.8 Å². The number of hydrogen-bond acceptors (Lipinski definition) is 6. The summed E-state index contributed by atoms with van der Waals surface area (Å²) in [6, 6.07) is 9.16. The summed E-state index contributed by atoms with van der Waals surface area (Å²) in [6.07, 6.45) is 4.26. The summed E-state index contributed by atoms with van der Waals surface area (Å²) in [6.45, 7) is 5.70. The number of carbonyl (C=O) groups excluding carboxylic acids is 1. The van der Waals surface area contributed by atoms with Gasteiger partial charge in [0.2, 0.25) is 0 Å². The molecule has 1 atom stereocenters. The van der Waals surface area contributed by atoms with Crippen LogP contribution in [0.15, 0.2) is 41.5 Å². The summed E-state index contributed by atoms with van der Waals surface area (Å²) < 4.78 is 5.63. The summed E-state index contributed by atoms with van der Waals surface area (Å²) in [4.78, 5) is 21.5. The second-order valence-corrected chi connectivity index (χ2v) is 10.1. The Labute approximate surface area is 185 Å². The van der Waals surface area contributed by atoms with E-state index in [0.29, 0.717) is 21.6 Å². The van der Waals surface area contributed by atoms with Crippen LogP contribution in [0.3, 0.4) is 0 Å². The molecule has 3 heterocycles. The molecule has 1 aromatic heterocycles. The first-order valence-electron chi connectivity index (χ1n) is 9.95. The second-order valence-electron chi connectivity index (χ2n) is 8.14. The van der Waals surface area contributed by atoms with Crippen molar-refractivity contribution in [3.05, 3.63) is 58.4 Å². The lowest BCUT2D eigenvalue weighted by Crippen LogP contribution is -2.45. The van der Waals surface area contributed by atoms with Gasteiger partial charge >= 0.3 is 0 Å². The van der Waals surface area contributed by atoms with E-state index >= 15 is 0 Å². The molecule has 4 rings (SSSR count). The van der Waals surface area contributed by atoms with Crippen molar-refractivity contribution in [2.45, 2.75) is 43.4 Å². The van der Waals surface area contributed by atoms with Crippen LogP contribution in [0.1, 0.15) is 47.8 Å². The van der Waals surface area contributed by atoms with E-state index in [4.69, 9.17) is 27.1 Å². The van der Waals surface area contributed by atoms with Crippen molar-refractivity contribution in [1.82, 2.24) is 4.98 Å². The average molecular weight is 445 g/mol. The number of carbonyl (C=O) groups is 1. The zero-order valence-corrected chi connectivity index (χ0v) is 18.6. The molecule has 8 heteroatoms. The molecule has 1 amide bonds. The SMILES string of the molecule is Cc1ccc(NC(=O)c2ccc(Cl)cn2)cc1[C@]1(C)CC2(CCOCC2)SC(N)=N1. The van der Waals surface area contributed by atoms with Crippen LogP contribution in [-0.2, 0) is 10.3 Å². The molecule has 6 nitrogen and oxygen atoms in total. The van der Waals surface area contributed by atoms with Crippen molar-refractivity contribution in [3.8, 4) is 0 Å². The molecule has 0 aliphatic carbocycles. The standard InChI is InChI=1S/C22H25ClN4O2S/c1-14-3-5-16(26-19(28)18-6-4-15(23)12-25-18)11-17(14)21(2)13-22(30-20(24)27-21)7-9-29-10-8-22/h3-6,11-12H,7-10,13H2,1-2H3,(H2,24,27)(H,26,28)/t21-/m0/s1. The van der Waals surface area contributed by atoms with Crippen LogP contribution >= 0.6 is 23.4 Å². The number of nitrogens with zero attached hydrogens (tertiary/aromatic N) is 2. The number of aromatic nitrogens is 1. The van der Waals surface area contributed by atoms with E-state index in [1.807, 2.05) is 18.2 Å². The third-order valence-corrected chi connectivity index (χ3v) is 7.29. The number of amides is 1. The Bertz CT molecular complexity index is 989. The van der Waals surface area contributed by atoms with Crippen molar-refractivity contribution in [2.75, 3.05) is 18.5 Å². The van der Waals surface area contributed by atoms with Crippen LogP contribution in [0.25, 0.3) is 0 Å². The Balaban J connectivity index is 1.63. The van der Waals surface area contributed by atoms with Crippen LogP contribution in [0.4, 0.5) is 5.69 Å². The Hall–Kier alpha value is -2.09. The summed E-state index contributed by atoms with van der Waals surface area (Å²) in [7, 11) is 0. The molecule has 2 aliphatic rings. The number of thioether (sulfide) groups is 1. The summed E-state index contributed by atoms with van der Waals surface area (Å²) in [5, 5.41) is 4.04. The van der Waals surface area contributed by atoms with Gasteiger partial charge in [0.1, 0.15) is 5.69 Å². The Morgan fingerprint density at radius 1 is 1.27 bits per heavy atom. The lowest BCUT2D eigenvalue weighted by molar-refractivity contribution is 0.0692. The molecule has 1 fully saturated rings. The number of aliphatic imine (C=N–C) groups is 1. The van der Waals surface area contributed by atoms with Crippen LogP contribution in [-0.4, -0.2) is 34.0 Å². The number of anilines is 1. The number of rotatable bonds is 3. The molecule has 2 aromatic rings. The predicted molar refractivity (Wildman–Crippen MR) is 122 cm³/mol. The highest BCUT2D eigenvalue weighted by Gasteiger charge is 2.46.